The molecule has 5 nitrogen and oxygen atoms in total. The van der Waals surface area contributed by atoms with Gasteiger partial charge in [0.15, 0.2) is 0 Å². The highest BCUT2D eigenvalue weighted by Gasteiger charge is 2.29. The molecule has 0 saturated carbocycles. The van der Waals surface area contributed by atoms with Crippen molar-refractivity contribution in [2.75, 3.05) is 0 Å². The summed E-state index contributed by atoms with van der Waals surface area (Å²) in [6.45, 7) is 20.6. The van der Waals surface area contributed by atoms with Crippen LogP contribution in [0.4, 0.5) is 0 Å². The number of hydrogen-bond acceptors (Lipinski definition) is 3. The van der Waals surface area contributed by atoms with Crippen LogP contribution in [0.5, 0.6) is 11.5 Å². The summed E-state index contributed by atoms with van der Waals surface area (Å²) in [6.07, 6.45) is 7.12. The topological polar surface area (TPSA) is 44.9 Å². The third-order valence-corrected chi connectivity index (χ3v) is 9.44. The van der Waals surface area contributed by atoms with Gasteiger partial charge in [-0.05, 0) is 100 Å². The maximum atomic E-state index is 6.56. The molecule has 0 radical (unpaired) electrons. The molecule has 50 heavy (non-hydrogen) atoms. The summed E-state index contributed by atoms with van der Waals surface area (Å²) in [5.74, 6) is 2.97. The molecule has 0 aliphatic heterocycles. The molecule has 0 N–H and O–H groups in total. The highest BCUT2D eigenvalue weighted by atomic mass is 16.5. The van der Waals surface area contributed by atoms with Crippen LogP contribution in [-0.2, 0) is 17.3 Å². The zero-order valence-corrected chi connectivity index (χ0v) is 30.9. The molecule has 254 valence electrons. The minimum atomic E-state index is -0.0289. The van der Waals surface area contributed by atoms with E-state index in [9.17, 15) is 0 Å². The van der Waals surface area contributed by atoms with Gasteiger partial charge in [-0.15, -0.1) is 0 Å². The Morgan fingerprint density at radius 1 is 0.740 bits per heavy atom. The van der Waals surface area contributed by atoms with Crippen LogP contribution >= 0.6 is 0 Å². The Hall–Kier alpha value is -5.16. The lowest BCUT2D eigenvalue weighted by Gasteiger charge is -2.32. The van der Waals surface area contributed by atoms with Gasteiger partial charge in [-0.25, -0.2) is 9.67 Å². The van der Waals surface area contributed by atoms with Gasteiger partial charge < -0.3 is 4.74 Å². The monoisotopic (exact) mass is 660 g/mol. The van der Waals surface area contributed by atoms with Gasteiger partial charge in [0.1, 0.15) is 17.3 Å². The summed E-state index contributed by atoms with van der Waals surface area (Å²) in [7, 11) is 0. The number of benzene rings is 4. The highest BCUT2D eigenvalue weighted by Crippen LogP contribution is 2.43. The van der Waals surface area contributed by atoms with Gasteiger partial charge in [-0.2, -0.15) is 5.10 Å². The van der Waals surface area contributed by atoms with Crippen LogP contribution in [0.1, 0.15) is 77.6 Å². The fourth-order valence-electron chi connectivity index (χ4n) is 7.36. The number of aromatic nitrogens is 4. The van der Waals surface area contributed by atoms with Crippen molar-refractivity contribution >= 4 is 21.8 Å². The van der Waals surface area contributed by atoms with Gasteiger partial charge in [0, 0.05) is 40.9 Å². The highest BCUT2D eigenvalue weighted by molar-refractivity contribution is 6.09. The fourth-order valence-corrected chi connectivity index (χ4v) is 7.36. The first-order chi connectivity index (χ1) is 23.8. The van der Waals surface area contributed by atoms with E-state index in [0.29, 0.717) is 5.92 Å². The van der Waals surface area contributed by atoms with Crippen LogP contribution in [0, 0.1) is 12.8 Å². The third-order valence-electron chi connectivity index (χ3n) is 9.44. The third kappa shape index (κ3) is 6.33. The molecule has 0 bridgehead atoms. The first kappa shape index (κ1) is 33.3. The smallest absolute Gasteiger partial charge is 0.137 e. The molecule has 7 rings (SSSR count). The minimum absolute atomic E-state index is 0.0240. The van der Waals surface area contributed by atoms with Crippen LogP contribution in [0.15, 0.2) is 110 Å². The SMILES string of the molecule is Cc1ccnc(-n2c3ccccc3c3ccc(Oc4cccc(-n5cc(-c6c(C(C)(C)C)ccc(CC(C)C)c6C(C)(C)C)cn5)c4)cc32)c1. The average molecular weight is 661 g/mol. The molecule has 4 aromatic carbocycles. The Morgan fingerprint density at radius 3 is 2.24 bits per heavy atom. The number of hydrogen-bond donors (Lipinski definition) is 0. The predicted molar refractivity (Wildman–Crippen MR) is 208 cm³/mol. The largest absolute Gasteiger partial charge is 0.457 e. The van der Waals surface area contributed by atoms with E-state index in [1.54, 1.807) is 0 Å². The number of para-hydroxylation sites is 1. The molecule has 3 aromatic heterocycles. The Bertz CT molecular complexity index is 2340. The molecule has 0 amide bonds. The van der Waals surface area contributed by atoms with Gasteiger partial charge in [0.2, 0.25) is 0 Å². The molecule has 0 fully saturated rings. The summed E-state index contributed by atoms with van der Waals surface area (Å²) < 4.78 is 10.8. The average Bonchev–Trinajstić information content (AvgIpc) is 3.67. The van der Waals surface area contributed by atoms with E-state index in [4.69, 9.17) is 14.8 Å². The minimum Gasteiger partial charge on any atom is -0.457 e. The van der Waals surface area contributed by atoms with Crippen LogP contribution in [0.2, 0.25) is 0 Å². The molecular weight excluding hydrogens is 613 g/mol. The van der Waals surface area contributed by atoms with Crippen molar-refractivity contribution in [2.24, 2.45) is 5.92 Å². The van der Waals surface area contributed by atoms with Gasteiger partial charge in [0.05, 0.1) is 22.9 Å². The maximum absolute atomic E-state index is 6.56. The Balaban J connectivity index is 1.27. The molecule has 0 aliphatic carbocycles. The van der Waals surface area contributed by atoms with Gasteiger partial charge >= 0.3 is 0 Å². The first-order valence-corrected chi connectivity index (χ1v) is 17.7. The Morgan fingerprint density at radius 2 is 1.50 bits per heavy atom. The number of fused-ring (bicyclic) bond motifs is 3. The summed E-state index contributed by atoms with van der Waals surface area (Å²) >= 11 is 0. The predicted octanol–water partition coefficient (Wildman–Crippen LogP) is 11.9. The van der Waals surface area contributed by atoms with E-state index in [0.717, 1.165) is 51.4 Å². The fraction of sp³-hybridized carbons (Fsp3) is 0.289. The molecule has 0 spiro atoms. The zero-order chi connectivity index (χ0) is 35.4. The lowest BCUT2D eigenvalue weighted by atomic mass is 9.72. The Labute approximate surface area is 296 Å². The van der Waals surface area contributed by atoms with Crippen LogP contribution in [-0.4, -0.2) is 19.3 Å². The quantitative estimate of drug-likeness (QED) is 0.171. The van der Waals surface area contributed by atoms with Crippen LogP contribution < -0.4 is 4.74 Å². The molecule has 7 aromatic rings. The molecule has 3 heterocycles. The van der Waals surface area contributed by atoms with Crippen molar-refractivity contribution in [2.45, 2.75) is 79.6 Å². The van der Waals surface area contributed by atoms with Crippen molar-refractivity contribution in [3.63, 3.8) is 0 Å². The van der Waals surface area contributed by atoms with Crippen molar-refractivity contribution in [3.05, 3.63) is 132 Å². The van der Waals surface area contributed by atoms with Crippen molar-refractivity contribution in [1.82, 2.24) is 19.3 Å². The first-order valence-electron chi connectivity index (χ1n) is 17.7. The van der Waals surface area contributed by atoms with Crippen molar-refractivity contribution in [1.29, 1.82) is 0 Å². The van der Waals surface area contributed by atoms with E-state index >= 15 is 0 Å². The number of aryl methyl sites for hydroxylation is 1. The number of rotatable bonds is 7. The summed E-state index contributed by atoms with van der Waals surface area (Å²) in [5, 5.41) is 7.27. The normalized spacial score (nSPS) is 12.4. The molecule has 0 atom stereocenters. The summed E-state index contributed by atoms with van der Waals surface area (Å²) in [4.78, 5) is 4.73. The van der Waals surface area contributed by atoms with Gasteiger partial charge in [0.25, 0.3) is 0 Å². The van der Waals surface area contributed by atoms with E-state index in [-0.39, 0.29) is 10.8 Å². The number of pyridine rings is 1. The summed E-state index contributed by atoms with van der Waals surface area (Å²) in [6, 6.07) is 31.8. The van der Waals surface area contributed by atoms with Crippen LogP contribution in [0.3, 0.4) is 0 Å². The standard InChI is InChI=1S/C45H48N4O/c1-29(2)23-31-17-20-38(44(4,5)6)42(43(31)45(7,8)9)32-27-47-48(28-32)33-13-12-14-34(25-33)50-35-18-19-37-36-15-10-11-16-39(36)49(40(37)26-35)41-24-30(3)21-22-46-41/h10-22,24-29H,23H2,1-9H3. The van der Waals surface area contributed by atoms with E-state index < -0.39 is 0 Å². The molecule has 5 heteroatoms. The lowest BCUT2D eigenvalue weighted by Crippen LogP contribution is -2.21. The lowest BCUT2D eigenvalue weighted by molar-refractivity contribution is 0.483. The van der Waals surface area contributed by atoms with E-state index in [1.807, 2.05) is 41.3 Å². The second-order valence-electron chi connectivity index (χ2n) is 16.1. The van der Waals surface area contributed by atoms with E-state index in [2.05, 4.69) is 140 Å². The zero-order valence-electron chi connectivity index (χ0n) is 30.9. The van der Waals surface area contributed by atoms with Crippen molar-refractivity contribution in [3.8, 4) is 34.1 Å². The number of ether oxygens (including phenoxy) is 1. The molecule has 0 unspecified atom stereocenters. The maximum Gasteiger partial charge on any atom is 0.137 e. The Kier molecular flexibility index (Phi) is 8.42. The van der Waals surface area contributed by atoms with Gasteiger partial charge in [-0.1, -0.05) is 91.8 Å². The second kappa shape index (κ2) is 12.6. The molecular formula is C45H48N4O. The van der Waals surface area contributed by atoms with Crippen LogP contribution in [0.25, 0.3) is 44.4 Å². The molecule has 0 aliphatic rings. The summed E-state index contributed by atoms with van der Waals surface area (Å²) in [5.41, 5.74) is 10.9. The van der Waals surface area contributed by atoms with Gasteiger partial charge in [-0.3, -0.25) is 4.57 Å². The molecule has 0 saturated heterocycles. The van der Waals surface area contributed by atoms with Crippen molar-refractivity contribution < 1.29 is 4.74 Å². The van der Waals surface area contributed by atoms with E-state index in [1.165, 1.54) is 33.2 Å². The number of nitrogens with zero attached hydrogens (tertiary/aromatic N) is 4. The second-order valence-corrected chi connectivity index (χ2v) is 16.1.